The summed E-state index contributed by atoms with van der Waals surface area (Å²) < 4.78 is 33.2. The number of rotatable bonds is 8. The van der Waals surface area contributed by atoms with Crippen LogP contribution in [0.15, 0.2) is 36.4 Å². The van der Waals surface area contributed by atoms with Crippen LogP contribution in [0.3, 0.4) is 0 Å². The number of amides is 1. The quantitative estimate of drug-likeness (QED) is 0.391. The smallest absolute Gasteiger partial charge is 0.341 e. The molecule has 0 saturated carbocycles. The van der Waals surface area contributed by atoms with Gasteiger partial charge in [0.1, 0.15) is 30.1 Å². The number of esters is 4. The average Bonchev–Trinajstić information content (AvgIpc) is 2.85. The van der Waals surface area contributed by atoms with Crippen LogP contribution >= 0.6 is 0 Å². The molecule has 0 aromatic heterocycles. The fourth-order valence-electron chi connectivity index (χ4n) is 4.15. The molecule has 1 heterocycles. The summed E-state index contributed by atoms with van der Waals surface area (Å²) in [6.45, 7) is 4.30. The Hall–Kier alpha value is -4.19. The van der Waals surface area contributed by atoms with E-state index >= 15 is 0 Å². The molecule has 1 amide bonds. The molecule has 2 aromatic rings. The third kappa shape index (κ3) is 6.76. The first-order chi connectivity index (χ1) is 18.0. The van der Waals surface area contributed by atoms with Crippen molar-refractivity contribution in [2.24, 2.45) is 0 Å². The molecule has 0 bridgehead atoms. The van der Waals surface area contributed by atoms with Crippen molar-refractivity contribution in [3.8, 4) is 5.75 Å². The van der Waals surface area contributed by atoms with Crippen LogP contribution in [-0.4, -0.2) is 74.1 Å². The Morgan fingerprint density at radius 1 is 0.868 bits per heavy atom. The molecule has 1 N–H and O–H groups in total. The first-order valence-electron chi connectivity index (χ1n) is 11.7. The fraction of sp³-hybridized carbons (Fsp3) is 0.423. The molecule has 0 unspecified atom stereocenters. The molecule has 0 radical (unpaired) electrons. The molecule has 2 aromatic carbocycles. The van der Waals surface area contributed by atoms with Gasteiger partial charge in [-0.3, -0.25) is 19.2 Å². The largest absolute Gasteiger partial charge is 0.465 e. The van der Waals surface area contributed by atoms with E-state index in [2.05, 4.69) is 5.32 Å². The van der Waals surface area contributed by atoms with Crippen LogP contribution in [0.25, 0.3) is 10.8 Å². The van der Waals surface area contributed by atoms with Crippen LogP contribution in [0.4, 0.5) is 0 Å². The average molecular weight is 532 g/mol. The van der Waals surface area contributed by atoms with E-state index in [4.69, 9.17) is 28.4 Å². The highest BCUT2D eigenvalue weighted by Crippen LogP contribution is 2.35. The fourth-order valence-corrected chi connectivity index (χ4v) is 4.15. The second-order valence-corrected chi connectivity index (χ2v) is 8.49. The minimum atomic E-state index is -1.40. The molecule has 3 rings (SSSR count). The van der Waals surface area contributed by atoms with Crippen molar-refractivity contribution in [3.63, 3.8) is 0 Å². The van der Waals surface area contributed by atoms with Gasteiger partial charge in [-0.15, -0.1) is 0 Å². The highest BCUT2D eigenvalue weighted by molar-refractivity contribution is 6.01. The minimum Gasteiger partial charge on any atom is -0.465 e. The number of nitrogens with one attached hydrogen (secondary N) is 1. The van der Waals surface area contributed by atoms with E-state index in [1.54, 1.807) is 30.3 Å². The number of hydrogen-bond acceptors (Lipinski definition) is 11. The van der Waals surface area contributed by atoms with Crippen LogP contribution in [0, 0.1) is 0 Å². The monoisotopic (exact) mass is 531 g/mol. The van der Waals surface area contributed by atoms with Crippen molar-refractivity contribution in [3.05, 3.63) is 42.0 Å². The molecule has 5 atom stereocenters. The number of benzene rings is 2. The van der Waals surface area contributed by atoms with Crippen molar-refractivity contribution in [1.82, 2.24) is 5.32 Å². The zero-order chi connectivity index (χ0) is 28.0. The van der Waals surface area contributed by atoms with Crippen LogP contribution in [-0.2, 0) is 42.9 Å². The standard InChI is InChI=1S/C26H29NO11/c1-13(28)27-21-24(36-16(4)31)23(35-15(3)30)20(12-34-14(2)29)37-26(21)38-22-18-9-7-6-8-17(18)10-11-19(22)25(32)33-5/h6-11,20-21,23-24,26H,12H2,1-5H3,(H,27,28)/t20-,21-,23+,24-,26+/m1/s1. The number of carbonyl (C=O) groups is 5. The van der Waals surface area contributed by atoms with E-state index < -0.39 is 67.0 Å². The lowest BCUT2D eigenvalue weighted by molar-refractivity contribution is -0.257. The van der Waals surface area contributed by atoms with E-state index in [9.17, 15) is 24.0 Å². The van der Waals surface area contributed by atoms with E-state index in [0.29, 0.717) is 5.39 Å². The predicted molar refractivity (Wildman–Crippen MR) is 130 cm³/mol. The molecule has 12 nitrogen and oxygen atoms in total. The van der Waals surface area contributed by atoms with Crippen molar-refractivity contribution in [2.45, 2.75) is 58.3 Å². The predicted octanol–water partition coefficient (Wildman–Crippen LogP) is 1.66. The number of hydrogen-bond donors (Lipinski definition) is 1. The van der Waals surface area contributed by atoms with Gasteiger partial charge in [-0.25, -0.2) is 4.79 Å². The second-order valence-electron chi connectivity index (χ2n) is 8.49. The maximum absolute atomic E-state index is 12.6. The summed E-state index contributed by atoms with van der Waals surface area (Å²) in [6.07, 6.45) is -5.15. The Labute approximate surface area is 218 Å². The minimum absolute atomic E-state index is 0.0686. The number of ether oxygens (including phenoxy) is 6. The maximum Gasteiger partial charge on any atom is 0.341 e. The lowest BCUT2D eigenvalue weighted by atomic mass is 9.95. The molecular formula is C26H29NO11. The molecule has 1 aliphatic rings. The number of methoxy groups -OCH3 is 1. The highest BCUT2D eigenvalue weighted by atomic mass is 16.7. The third-order valence-corrected chi connectivity index (χ3v) is 5.59. The molecule has 1 saturated heterocycles. The van der Waals surface area contributed by atoms with E-state index in [1.807, 2.05) is 0 Å². The van der Waals surface area contributed by atoms with E-state index in [1.165, 1.54) is 27.0 Å². The first kappa shape index (κ1) is 28.4. The SMILES string of the molecule is COC(=O)c1ccc2ccccc2c1O[C@@H]1O[C@H](COC(C)=O)[C@H](OC(C)=O)[C@H](OC(C)=O)[C@H]1NC(C)=O. The zero-order valence-electron chi connectivity index (χ0n) is 21.5. The summed E-state index contributed by atoms with van der Waals surface area (Å²) in [5, 5.41) is 3.89. The second kappa shape index (κ2) is 12.4. The summed E-state index contributed by atoms with van der Waals surface area (Å²) in [6, 6.07) is 9.08. The van der Waals surface area contributed by atoms with Gasteiger partial charge in [0.25, 0.3) is 0 Å². The van der Waals surface area contributed by atoms with Gasteiger partial charge in [-0.05, 0) is 11.5 Å². The topological polar surface area (TPSA) is 153 Å². The van der Waals surface area contributed by atoms with Crippen LogP contribution in [0.2, 0.25) is 0 Å². The summed E-state index contributed by atoms with van der Waals surface area (Å²) in [4.78, 5) is 60.3. The molecule has 0 spiro atoms. The van der Waals surface area contributed by atoms with Crippen molar-refractivity contribution in [2.75, 3.05) is 13.7 Å². The summed E-state index contributed by atoms with van der Waals surface area (Å²) >= 11 is 0. The van der Waals surface area contributed by atoms with Gasteiger partial charge in [-0.2, -0.15) is 0 Å². The Balaban J connectivity index is 2.15. The van der Waals surface area contributed by atoms with Crippen LogP contribution in [0.5, 0.6) is 5.75 Å². The number of carbonyl (C=O) groups excluding carboxylic acids is 5. The molecule has 1 aliphatic heterocycles. The molecule has 12 heteroatoms. The lowest BCUT2D eigenvalue weighted by Crippen LogP contribution is -2.67. The van der Waals surface area contributed by atoms with Gasteiger partial charge in [0.05, 0.1) is 7.11 Å². The summed E-state index contributed by atoms with van der Waals surface area (Å²) in [5.41, 5.74) is 0.0686. The molecule has 204 valence electrons. The highest BCUT2D eigenvalue weighted by Gasteiger charge is 2.52. The first-order valence-corrected chi connectivity index (χ1v) is 11.7. The zero-order valence-corrected chi connectivity index (χ0v) is 21.5. The number of fused-ring (bicyclic) bond motifs is 1. The van der Waals surface area contributed by atoms with Crippen molar-refractivity contribution < 1.29 is 52.4 Å². The summed E-state index contributed by atoms with van der Waals surface area (Å²) in [5.74, 6) is -3.25. The van der Waals surface area contributed by atoms with E-state index in [-0.39, 0.29) is 11.3 Å². The van der Waals surface area contributed by atoms with Gasteiger partial charge in [0.15, 0.2) is 12.2 Å². The van der Waals surface area contributed by atoms with Gasteiger partial charge >= 0.3 is 23.9 Å². The Morgan fingerprint density at radius 2 is 1.53 bits per heavy atom. The van der Waals surface area contributed by atoms with Crippen molar-refractivity contribution in [1.29, 1.82) is 0 Å². The van der Waals surface area contributed by atoms with Gasteiger partial charge < -0.3 is 33.7 Å². The maximum atomic E-state index is 12.6. The molecule has 38 heavy (non-hydrogen) atoms. The molecular weight excluding hydrogens is 502 g/mol. The summed E-state index contributed by atoms with van der Waals surface area (Å²) in [7, 11) is 1.22. The Morgan fingerprint density at radius 3 is 2.13 bits per heavy atom. The Kier molecular flexibility index (Phi) is 9.24. The third-order valence-electron chi connectivity index (χ3n) is 5.59. The van der Waals surface area contributed by atoms with Crippen LogP contribution in [0.1, 0.15) is 38.1 Å². The molecule has 1 fully saturated rings. The van der Waals surface area contributed by atoms with Crippen molar-refractivity contribution >= 4 is 40.6 Å². The molecule has 0 aliphatic carbocycles. The van der Waals surface area contributed by atoms with Crippen LogP contribution < -0.4 is 10.1 Å². The van der Waals surface area contributed by atoms with Gasteiger partial charge in [-0.1, -0.05) is 30.3 Å². The van der Waals surface area contributed by atoms with Gasteiger partial charge in [0.2, 0.25) is 12.2 Å². The Bertz CT molecular complexity index is 1230. The normalized spacial score (nSPS) is 22.6. The van der Waals surface area contributed by atoms with E-state index in [0.717, 1.165) is 19.2 Å². The lowest BCUT2D eigenvalue weighted by Gasteiger charge is -2.45. The van der Waals surface area contributed by atoms with Gasteiger partial charge in [0, 0.05) is 33.1 Å².